The van der Waals surface area contributed by atoms with Gasteiger partial charge in [0.2, 0.25) is 10.0 Å². The summed E-state index contributed by atoms with van der Waals surface area (Å²) < 4.78 is 37.3. The summed E-state index contributed by atoms with van der Waals surface area (Å²) in [4.78, 5) is 12.3. The predicted molar refractivity (Wildman–Crippen MR) is 102 cm³/mol. The van der Waals surface area contributed by atoms with E-state index in [1.807, 2.05) is 0 Å². The molecule has 1 aliphatic rings. The number of halogens is 1. The van der Waals surface area contributed by atoms with Gasteiger partial charge in [-0.3, -0.25) is 0 Å². The lowest BCUT2D eigenvalue weighted by atomic mass is 10.2. The Bertz CT molecular complexity index is 910. The van der Waals surface area contributed by atoms with Gasteiger partial charge in [0.15, 0.2) is 0 Å². The number of para-hydroxylation sites is 1. The molecule has 2 aromatic carbocycles. The van der Waals surface area contributed by atoms with Crippen molar-refractivity contribution in [3.63, 3.8) is 0 Å². The Balaban J connectivity index is 1.58. The lowest BCUT2D eigenvalue weighted by Gasteiger charge is -2.16. The van der Waals surface area contributed by atoms with Crippen molar-refractivity contribution in [1.29, 1.82) is 0 Å². The first-order chi connectivity index (χ1) is 13.0. The zero-order valence-corrected chi connectivity index (χ0v) is 16.2. The first-order valence-electron chi connectivity index (χ1n) is 8.63. The third-order valence-electron chi connectivity index (χ3n) is 4.18. The molecule has 0 unspecified atom stereocenters. The van der Waals surface area contributed by atoms with Crippen LogP contribution in [0, 0.1) is 0 Å². The Labute approximate surface area is 163 Å². The maximum atomic E-state index is 12.6. The first kappa shape index (κ1) is 19.7. The Morgan fingerprint density at radius 1 is 1.04 bits per heavy atom. The summed E-state index contributed by atoms with van der Waals surface area (Å²) in [6.45, 7) is 1.18. The van der Waals surface area contributed by atoms with Crippen LogP contribution in [0.4, 0.5) is 0 Å². The highest BCUT2D eigenvalue weighted by Crippen LogP contribution is 2.23. The topological polar surface area (TPSA) is 72.9 Å². The van der Waals surface area contributed by atoms with E-state index in [4.69, 9.17) is 21.1 Å². The van der Waals surface area contributed by atoms with Gasteiger partial charge in [-0.15, -0.1) is 0 Å². The van der Waals surface area contributed by atoms with Crippen LogP contribution >= 0.6 is 11.6 Å². The van der Waals surface area contributed by atoms with Gasteiger partial charge in [-0.2, -0.15) is 4.31 Å². The molecule has 0 N–H and O–H groups in total. The molecule has 0 spiro atoms. The van der Waals surface area contributed by atoms with E-state index in [2.05, 4.69) is 0 Å². The maximum absolute atomic E-state index is 12.6. The summed E-state index contributed by atoms with van der Waals surface area (Å²) in [7, 11) is -3.57. The van der Waals surface area contributed by atoms with Crippen LogP contribution < -0.4 is 4.74 Å². The van der Waals surface area contributed by atoms with Gasteiger partial charge in [-0.1, -0.05) is 29.8 Å². The number of nitrogens with zero attached hydrogens (tertiary/aromatic N) is 1. The van der Waals surface area contributed by atoms with Crippen LogP contribution in [0.25, 0.3) is 0 Å². The van der Waals surface area contributed by atoms with E-state index < -0.39 is 16.0 Å². The van der Waals surface area contributed by atoms with Crippen LogP contribution in [0.15, 0.2) is 53.4 Å². The molecule has 144 valence electrons. The number of ether oxygens (including phenoxy) is 2. The molecular formula is C19H20ClNO5S. The van der Waals surface area contributed by atoms with Gasteiger partial charge in [0, 0.05) is 13.1 Å². The molecule has 0 atom stereocenters. The molecule has 8 heteroatoms. The number of hydrogen-bond acceptors (Lipinski definition) is 5. The number of benzene rings is 2. The summed E-state index contributed by atoms with van der Waals surface area (Å²) in [5, 5.41) is 0.476. The summed E-state index contributed by atoms with van der Waals surface area (Å²) in [6, 6.07) is 12.9. The van der Waals surface area contributed by atoms with Gasteiger partial charge in [0.1, 0.15) is 19.0 Å². The Morgan fingerprint density at radius 2 is 1.78 bits per heavy atom. The maximum Gasteiger partial charge on any atom is 0.338 e. The van der Waals surface area contributed by atoms with E-state index >= 15 is 0 Å². The second-order valence-corrected chi connectivity index (χ2v) is 8.40. The average molecular weight is 410 g/mol. The van der Waals surface area contributed by atoms with Gasteiger partial charge in [-0.05, 0) is 43.2 Å². The standard InChI is InChI=1S/C19H20ClNO5S/c20-17-8-1-2-9-18(17)25-12-13-26-19(22)15-6-5-7-16(14-15)27(23,24)21-10-3-4-11-21/h1-2,5-9,14H,3-4,10-13H2. The first-order valence-corrected chi connectivity index (χ1v) is 10.4. The molecule has 0 bridgehead atoms. The van der Waals surface area contributed by atoms with Crippen LogP contribution in [0.5, 0.6) is 5.75 Å². The van der Waals surface area contributed by atoms with Crippen molar-refractivity contribution in [2.45, 2.75) is 17.7 Å². The number of carbonyl (C=O) groups is 1. The van der Waals surface area contributed by atoms with Crippen LogP contribution in [-0.2, 0) is 14.8 Å². The minimum Gasteiger partial charge on any atom is -0.488 e. The second kappa shape index (κ2) is 8.73. The quantitative estimate of drug-likeness (QED) is 0.518. The number of sulfonamides is 1. The minimum atomic E-state index is -3.57. The summed E-state index contributed by atoms with van der Waals surface area (Å²) >= 11 is 5.98. The van der Waals surface area contributed by atoms with Gasteiger partial charge in [-0.25, -0.2) is 13.2 Å². The van der Waals surface area contributed by atoms with Gasteiger partial charge >= 0.3 is 5.97 Å². The van der Waals surface area contributed by atoms with Crippen molar-refractivity contribution in [3.8, 4) is 5.75 Å². The number of carbonyl (C=O) groups excluding carboxylic acids is 1. The van der Waals surface area contributed by atoms with E-state index in [0.29, 0.717) is 23.9 Å². The molecule has 6 nitrogen and oxygen atoms in total. The van der Waals surface area contributed by atoms with E-state index in [1.165, 1.54) is 22.5 Å². The summed E-state index contributed by atoms with van der Waals surface area (Å²) in [6.07, 6.45) is 1.71. The van der Waals surface area contributed by atoms with Crippen LogP contribution in [-0.4, -0.2) is 45.0 Å². The molecule has 0 amide bonds. The molecule has 1 heterocycles. The Kier molecular flexibility index (Phi) is 6.36. The third kappa shape index (κ3) is 4.80. The Morgan fingerprint density at radius 3 is 2.52 bits per heavy atom. The zero-order valence-electron chi connectivity index (χ0n) is 14.6. The van der Waals surface area contributed by atoms with Crippen LogP contribution in [0.2, 0.25) is 5.02 Å². The van der Waals surface area contributed by atoms with Crippen molar-refractivity contribution in [3.05, 3.63) is 59.1 Å². The zero-order chi connectivity index (χ0) is 19.3. The van der Waals surface area contributed by atoms with Crippen molar-refractivity contribution < 1.29 is 22.7 Å². The number of hydrogen-bond donors (Lipinski definition) is 0. The van der Waals surface area contributed by atoms with E-state index in [9.17, 15) is 13.2 Å². The molecule has 3 rings (SSSR count). The third-order valence-corrected chi connectivity index (χ3v) is 6.39. The van der Waals surface area contributed by atoms with E-state index in [-0.39, 0.29) is 23.7 Å². The Hall–Kier alpha value is -2.09. The largest absolute Gasteiger partial charge is 0.488 e. The van der Waals surface area contributed by atoms with Crippen molar-refractivity contribution in [1.82, 2.24) is 4.31 Å². The molecular weight excluding hydrogens is 390 g/mol. The molecule has 0 aromatic heterocycles. The fourth-order valence-corrected chi connectivity index (χ4v) is 4.55. The molecule has 1 aliphatic heterocycles. The van der Waals surface area contributed by atoms with Crippen molar-refractivity contribution >= 4 is 27.6 Å². The molecule has 0 aliphatic carbocycles. The molecule has 2 aromatic rings. The lowest BCUT2D eigenvalue weighted by Crippen LogP contribution is -2.28. The second-order valence-electron chi connectivity index (χ2n) is 6.05. The minimum absolute atomic E-state index is 0.0210. The fourth-order valence-electron chi connectivity index (χ4n) is 2.79. The molecule has 27 heavy (non-hydrogen) atoms. The van der Waals surface area contributed by atoms with E-state index in [0.717, 1.165) is 12.8 Å². The van der Waals surface area contributed by atoms with Gasteiger partial charge in [0.05, 0.1) is 15.5 Å². The predicted octanol–water partition coefficient (Wildman–Crippen LogP) is 3.36. The number of rotatable bonds is 7. The highest BCUT2D eigenvalue weighted by Gasteiger charge is 2.27. The van der Waals surface area contributed by atoms with Crippen LogP contribution in [0.1, 0.15) is 23.2 Å². The van der Waals surface area contributed by atoms with Crippen molar-refractivity contribution in [2.24, 2.45) is 0 Å². The van der Waals surface area contributed by atoms with Crippen LogP contribution in [0.3, 0.4) is 0 Å². The molecule has 0 radical (unpaired) electrons. The van der Waals surface area contributed by atoms with Gasteiger partial charge in [0.25, 0.3) is 0 Å². The fraction of sp³-hybridized carbons (Fsp3) is 0.316. The summed E-state index contributed by atoms with van der Waals surface area (Å²) in [5.74, 6) is -0.0925. The highest BCUT2D eigenvalue weighted by atomic mass is 35.5. The highest BCUT2D eigenvalue weighted by molar-refractivity contribution is 7.89. The van der Waals surface area contributed by atoms with E-state index in [1.54, 1.807) is 30.3 Å². The summed E-state index contributed by atoms with van der Waals surface area (Å²) in [5.41, 5.74) is 0.188. The monoisotopic (exact) mass is 409 g/mol. The lowest BCUT2D eigenvalue weighted by molar-refractivity contribution is 0.0450. The SMILES string of the molecule is O=C(OCCOc1ccccc1Cl)c1cccc(S(=O)(=O)N2CCCC2)c1. The molecule has 0 saturated carbocycles. The van der Waals surface area contributed by atoms with Crippen molar-refractivity contribution in [2.75, 3.05) is 26.3 Å². The normalized spacial score (nSPS) is 14.9. The van der Waals surface area contributed by atoms with Gasteiger partial charge < -0.3 is 9.47 Å². The molecule has 1 fully saturated rings. The molecule has 1 saturated heterocycles. The number of esters is 1. The smallest absolute Gasteiger partial charge is 0.338 e. The average Bonchev–Trinajstić information content (AvgIpc) is 3.22.